The van der Waals surface area contributed by atoms with Crippen molar-refractivity contribution in [3.8, 4) is 0 Å². The Morgan fingerprint density at radius 3 is 3.00 bits per heavy atom. The first kappa shape index (κ1) is 10.9. The van der Waals surface area contributed by atoms with Gasteiger partial charge in [0.05, 0.1) is 11.4 Å². The standard InChI is InChI=1S/C14H19FN2/c15-12-7-5-8-13-14(12)16-10-11-6-3-1-2-4-9-17(11)13/h5,7-8,11,16H,1-4,6,9-10H2. The normalized spacial score (nSPS) is 24.1. The molecule has 0 amide bonds. The summed E-state index contributed by atoms with van der Waals surface area (Å²) < 4.78 is 13.7. The molecule has 1 N–H and O–H groups in total. The highest BCUT2D eigenvalue weighted by molar-refractivity contribution is 5.73. The predicted molar refractivity (Wildman–Crippen MR) is 69.1 cm³/mol. The third-order valence-electron chi connectivity index (χ3n) is 3.94. The lowest BCUT2D eigenvalue weighted by molar-refractivity contribution is 0.469. The number of hydrogen-bond acceptors (Lipinski definition) is 2. The average Bonchev–Trinajstić information content (AvgIpc) is 2.30. The Bertz CT molecular complexity index is 405. The second-order valence-corrected chi connectivity index (χ2v) is 5.06. The lowest BCUT2D eigenvalue weighted by Crippen LogP contribution is -2.45. The molecule has 1 aromatic carbocycles. The first-order chi connectivity index (χ1) is 8.36. The number of hydrogen-bond donors (Lipinski definition) is 1. The number of para-hydroxylation sites is 1. The third-order valence-corrected chi connectivity index (χ3v) is 3.94. The van der Waals surface area contributed by atoms with Crippen molar-refractivity contribution in [1.29, 1.82) is 0 Å². The molecule has 3 heteroatoms. The van der Waals surface area contributed by atoms with Crippen LogP contribution in [0.3, 0.4) is 0 Å². The predicted octanol–water partition coefficient (Wildman–Crippen LogP) is 3.39. The molecule has 0 bridgehead atoms. The van der Waals surface area contributed by atoms with Crippen LogP contribution in [0, 0.1) is 5.82 Å². The van der Waals surface area contributed by atoms with Crippen LogP contribution in [0.4, 0.5) is 15.8 Å². The van der Waals surface area contributed by atoms with Gasteiger partial charge in [-0.1, -0.05) is 25.3 Å². The molecule has 92 valence electrons. The highest BCUT2D eigenvalue weighted by Gasteiger charge is 2.27. The summed E-state index contributed by atoms with van der Waals surface area (Å²) in [7, 11) is 0. The molecule has 0 spiro atoms. The van der Waals surface area contributed by atoms with Crippen molar-refractivity contribution in [1.82, 2.24) is 0 Å². The van der Waals surface area contributed by atoms with E-state index in [2.05, 4.69) is 10.2 Å². The van der Waals surface area contributed by atoms with Gasteiger partial charge in [0.25, 0.3) is 0 Å². The second-order valence-electron chi connectivity index (χ2n) is 5.06. The molecule has 0 radical (unpaired) electrons. The lowest BCUT2D eigenvalue weighted by Gasteiger charge is -2.40. The van der Waals surface area contributed by atoms with Gasteiger partial charge in [0.2, 0.25) is 0 Å². The van der Waals surface area contributed by atoms with Crippen LogP contribution in [0.15, 0.2) is 18.2 Å². The van der Waals surface area contributed by atoms with Gasteiger partial charge in [0, 0.05) is 19.1 Å². The highest BCUT2D eigenvalue weighted by Crippen LogP contribution is 2.35. The van der Waals surface area contributed by atoms with Crippen molar-refractivity contribution < 1.29 is 4.39 Å². The van der Waals surface area contributed by atoms with Crippen molar-refractivity contribution in [2.45, 2.75) is 38.1 Å². The van der Waals surface area contributed by atoms with Crippen LogP contribution in [-0.2, 0) is 0 Å². The van der Waals surface area contributed by atoms with Crippen LogP contribution in [0.5, 0.6) is 0 Å². The first-order valence-corrected chi connectivity index (χ1v) is 6.65. The van der Waals surface area contributed by atoms with Gasteiger partial charge < -0.3 is 10.2 Å². The molecule has 2 aliphatic heterocycles. The maximum absolute atomic E-state index is 13.7. The molecule has 1 fully saturated rings. The van der Waals surface area contributed by atoms with E-state index in [-0.39, 0.29) is 5.82 Å². The number of nitrogens with zero attached hydrogens (tertiary/aromatic N) is 1. The van der Waals surface area contributed by atoms with E-state index in [4.69, 9.17) is 0 Å². The topological polar surface area (TPSA) is 15.3 Å². The van der Waals surface area contributed by atoms with Gasteiger partial charge in [0.1, 0.15) is 5.82 Å². The molecular weight excluding hydrogens is 215 g/mol. The SMILES string of the molecule is Fc1cccc2c1NCC1CCCCCCN21. The molecule has 0 aliphatic carbocycles. The van der Waals surface area contributed by atoms with Gasteiger partial charge in [-0.15, -0.1) is 0 Å². The van der Waals surface area contributed by atoms with Crippen molar-refractivity contribution in [2.24, 2.45) is 0 Å². The molecular formula is C14H19FN2. The summed E-state index contributed by atoms with van der Waals surface area (Å²) in [5, 5.41) is 3.26. The largest absolute Gasteiger partial charge is 0.379 e. The number of rotatable bonds is 0. The summed E-state index contributed by atoms with van der Waals surface area (Å²) >= 11 is 0. The molecule has 1 unspecified atom stereocenters. The van der Waals surface area contributed by atoms with E-state index >= 15 is 0 Å². The summed E-state index contributed by atoms with van der Waals surface area (Å²) in [6.45, 7) is 1.96. The Labute approximate surface area is 102 Å². The summed E-state index contributed by atoms with van der Waals surface area (Å²) in [4.78, 5) is 2.41. The van der Waals surface area contributed by atoms with E-state index in [0.29, 0.717) is 11.7 Å². The van der Waals surface area contributed by atoms with Crippen molar-refractivity contribution in [2.75, 3.05) is 23.3 Å². The molecule has 2 aliphatic rings. The number of benzene rings is 1. The second kappa shape index (κ2) is 4.55. The summed E-state index contributed by atoms with van der Waals surface area (Å²) in [5.41, 5.74) is 1.76. The number of nitrogens with one attached hydrogen (secondary N) is 1. The van der Waals surface area contributed by atoms with E-state index < -0.39 is 0 Å². The van der Waals surface area contributed by atoms with Crippen LogP contribution < -0.4 is 10.2 Å². The van der Waals surface area contributed by atoms with Gasteiger partial charge in [-0.05, 0) is 25.0 Å². The molecule has 1 aromatic rings. The monoisotopic (exact) mass is 234 g/mol. The number of anilines is 2. The van der Waals surface area contributed by atoms with Crippen molar-refractivity contribution >= 4 is 11.4 Å². The van der Waals surface area contributed by atoms with E-state index in [1.807, 2.05) is 12.1 Å². The van der Waals surface area contributed by atoms with Crippen molar-refractivity contribution in [3.63, 3.8) is 0 Å². The molecule has 17 heavy (non-hydrogen) atoms. The molecule has 0 aromatic heterocycles. The molecule has 2 nitrogen and oxygen atoms in total. The van der Waals surface area contributed by atoms with Crippen molar-refractivity contribution in [3.05, 3.63) is 24.0 Å². The van der Waals surface area contributed by atoms with E-state index in [1.165, 1.54) is 38.2 Å². The average molecular weight is 234 g/mol. The molecule has 1 atom stereocenters. The number of fused-ring (bicyclic) bond motifs is 3. The summed E-state index contributed by atoms with van der Waals surface area (Å²) in [6, 6.07) is 5.94. The maximum Gasteiger partial charge on any atom is 0.148 e. The molecule has 1 saturated heterocycles. The fourth-order valence-corrected chi connectivity index (χ4v) is 3.03. The molecule has 0 saturated carbocycles. The smallest absolute Gasteiger partial charge is 0.148 e. The Morgan fingerprint density at radius 1 is 1.18 bits per heavy atom. The first-order valence-electron chi connectivity index (χ1n) is 6.65. The fraction of sp³-hybridized carbons (Fsp3) is 0.571. The Kier molecular flexibility index (Phi) is 2.91. The minimum atomic E-state index is -0.122. The van der Waals surface area contributed by atoms with E-state index in [9.17, 15) is 4.39 Å². The quantitative estimate of drug-likeness (QED) is 0.740. The van der Waals surface area contributed by atoms with Gasteiger partial charge in [-0.25, -0.2) is 4.39 Å². The van der Waals surface area contributed by atoms with E-state index in [1.54, 1.807) is 0 Å². The van der Waals surface area contributed by atoms with Crippen LogP contribution in [-0.4, -0.2) is 19.1 Å². The fourth-order valence-electron chi connectivity index (χ4n) is 3.03. The highest BCUT2D eigenvalue weighted by atomic mass is 19.1. The Morgan fingerprint density at radius 2 is 2.06 bits per heavy atom. The zero-order chi connectivity index (χ0) is 11.7. The number of halogens is 1. The molecule has 2 heterocycles. The zero-order valence-electron chi connectivity index (χ0n) is 10.1. The Hall–Kier alpha value is -1.25. The third kappa shape index (κ3) is 1.99. The minimum absolute atomic E-state index is 0.122. The maximum atomic E-state index is 13.7. The summed E-state index contributed by atoms with van der Waals surface area (Å²) in [5.74, 6) is -0.122. The van der Waals surface area contributed by atoms with Gasteiger partial charge >= 0.3 is 0 Å². The summed E-state index contributed by atoms with van der Waals surface area (Å²) in [6.07, 6.45) is 6.41. The van der Waals surface area contributed by atoms with Crippen LogP contribution in [0.25, 0.3) is 0 Å². The van der Waals surface area contributed by atoms with Crippen LogP contribution in [0.2, 0.25) is 0 Å². The van der Waals surface area contributed by atoms with Gasteiger partial charge in [0.15, 0.2) is 0 Å². The van der Waals surface area contributed by atoms with E-state index in [0.717, 1.165) is 18.8 Å². The zero-order valence-corrected chi connectivity index (χ0v) is 10.1. The van der Waals surface area contributed by atoms with Gasteiger partial charge in [-0.3, -0.25) is 0 Å². The minimum Gasteiger partial charge on any atom is -0.379 e. The van der Waals surface area contributed by atoms with Crippen LogP contribution in [0.1, 0.15) is 32.1 Å². The Balaban J connectivity index is 1.94. The molecule has 3 rings (SSSR count). The lowest BCUT2D eigenvalue weighted by atomic mass is 9.98. The van der Waals surface area contributed by atoms with Crippen LogP contribution >= 0.6 is 0 Å². The van der Waals surface area contributed by atoms with Gasteiger partial charge in [-0.2, -0.15) is 0 Å².